The van der Waals surface area contributed by atoms with Crippen LogP contribution in [0.2, 0.25) is 5.02 Å². The summed E-state index contributed by atoms with van der Waals surface area (Å²) in [5.74, 6) is 0.269. The topological polar surface area (TPSA) is 79.7 Å². The molecule has 0 radical (unpaired) electrons. The molecular formula is C14H24ClN5O. The SMILES string of the molecule is CCc1nn(CC)c(CN(CCC(N)=NO)C2CC2)c1Cl. The van der Waals surface area contributed by atoms with E-state index in [1.807, 2.05) is 4.68 Å². The number of aromatic nitrogens is 2. The number of hydrogen-bond acceptors (Lipinski definition) is 4. The fourth-order valence-corrected chi connectivity index (χ4v) is 2.83. The lowest BCUT2D eigenvalue weighted by Crippen LogP contribution is -2.31. The number of aryl methyl sites for hydroxylation is 2. The Kier molecular flexibility index (Phi) is 5.47. The van der Waals surface area contributed by atoms with Gasteiger partial charge in [-0.05, 0) is 26.2 Å². The molecule has 1 fully saturated rings. The maximum absolute atomic E-state index is 8.66. The van der Waals surface area contributed by atoms with Gasteiger partial charge >= 0.3 is 0 Å². The quantitative estimate of drug-likeness (QED) is 0.334. The van der Waals surface area contributed by atoms with Crippen molar-refractivity contribution >= 4 is 17.4 Å². The maximum atomic E-state index is 8.66. The number of hydrogen-bond donors (Lipinski definition) is 2. The third-order valence-corrected chi connectivity index (χ3v) is 4.33. The van der Waals surface area contributed by atoms with Crippen molar-refractivity contribution in [1.29, 1.82) is 0 Å². The summed E-state index contributed by atoms with van der Waals surface area (Å²) in [7, 11) is 0. The number of halogens is 1. The maximum Gasteiger partial charge on any atom is 0.140 e. The van der Waals surface area contributed by atoms with Crippen LogP contribution in [-0.4, -0.2) is 38.3 Å². The summed E-state index contributed by atoms with van der Waals surface area (Å²) >= 11 is 6.47. The Morgan fingerprint density at radius 1 is 1.52 bits per heavy atom. The van der Waals surface area contributed by atoms with Gasteiger partial charge in [-0.15, -0.1) is 0 Å². The summed E-state index contributed by atoms with van der Waals surface area (Å²) < 4.78 is 1.99. The van der Waals surface area contributed by atoms with Crippen molar-refractivity contribution < 1.29 is 5.21 Å². The molecule has 3 N–H and O–H groups in total. The summed E-state index contributed by atoms with van der Waals surface area (Å²) in [5.41, 5.74) is 7.61. The summed E-state index contributed by atoms with van der Waals surface area (Å²) in [6.45, 7) is 6.49. The van der Waals surface area contributed by atoms with Gasteiger partial charge < -0.3 is 10.9 Å². The van der Waals surface area contributed by atoms with Crippen LogP contribution in [0, 0.1) is 0 Å². The average Bonchev–Trinajstić information content (AvgIpc) is 3.29. The smallest absolute Gasteiger partial charge is 0.140 e. The molecule has 7 heteroatoms. The van der Waals surface area contributed by atoms with E-state index in [9.17, 15) is 0 Å². The van der Waals surface area contributed by atoms with Crippen molar-refractivity contribution in [2.75, 3.05) is 6.54 Å². The first kappa shape index (κ1) is 16.1. The highest BCUT2D eigenvalue weighted by atomic mass is 35.5. The standard InChI is InChI=1S/C14H24ClN5O/c1-3-11-14(15)12(20(4-2)17-11)9-19(10-5-6-10)8-7-13(16)18-21/h10,21H,3-9H2,1-2H3,(H2,16,18). The van der Waals surface area contributed by atoms with Crippen LogP contribution in [0.25, 0.3) is 0 Å². The monoisotopic (exact) mass is 313 g/mol. The third-order valence-electron chi connectivity index (χ3n) is 3.89. The van der Waals surface area contributed by atoms with Crippen LogP contribution < -0.4 is 5.73 Å². The van der Waals surface area contributed by atoms with Crippen molar-refractivity contribution in [2.45, 2.75) is 58.7 Å². The van der Waals surface area contributed by atoms with Crippen molar-refractivity contribution in [3.8, 4) is 0 Å². The molecule has 1 aromatic heterocycles. The Labute approximate surface area is 130 Å². The van der Waals surface area contributed by atoms with Gasteiger partial charge in [0.1, 0.15) is 5.84 Å². The Morgan fingerprint density at radius 3 is 2.76 bits per heavy atom. The highest BCUT2D eigenvalue weighted by Crippen LogP contribution is 2.31. The molecule has 1 aliphatic carbocycles. The normalized spacial score (nSPS) is 15.9. The van der Waals surface area contributed by atoms with Gasteiger partial charge in [0.25, 0.3) is 0 Å². The number of nitrogens with zero attached hydrogens (tertiary/aromatic N) is 4. The molecule has 1 aromatic rings. The molecule has 0 bridgehead atoms. The highest BCUT2D eigenvalue weighted by molar-refractivity contribution is 6.31. The molecule has 0 unspecified atom stereocenters. The molecular weight excluding hydrogens is 290 g/mol. The van der Waals surface area contributed by atoms with Crippen molar-refractivity contribution in [1.82, 2.24) is 14.7 Å². The summed E-state index contributed by atoms with van der Waals surface area (Å²) in [6.07, 6.45) is 3.81. The lowest BCUT2D eigenvalue weighted by molar-refractivity contribution is 0.251. The van der Waals surface area contributed by atoms with Gasteiger partial charge in [0.15, 0.2) is 0 Å². The van der Waals surface area contributed by atoms with Crippen molar-refractivity contribution in [3.05, 3.63) is 16.4 Å². The van der Waals surface area contributed by atoms with Gasteiger partial charge in [0.05, 0.1) is 16.4 Å². The van der Waals surface area contributed by atoms with E-state index in [0.717, 1.165) is 42.5 Å². The van der Waals surface area contributed by atoms with Crippen LogP contribution in [0.4, 0.5) is 0 Å². The lowest BCUT2D eigenvalue weighted by atomic mass is 10.2. The molecule has 1 heterocycles. The van der Waals surface area contributed by atoms with Crippen molar-refractivity contribution in [2.24, 2.45) is 10.9 Å². The Hall–Kier alpha value is -1.27. The molecule has 118 valence electrons. The van der Waals surface area contributed by atoms with Crippen LogP contribution in [0.15, 0.2) is 5.16 Å². The second-order valence-corrected chi connectivity index (χ2v) is 5.80. The fraction of sp³-hybridized carbons (Fsp3) is 0.714. The molecule has 0 saturated heterocycles. The molecule has 0 spiro atoms. The molecule has 0 atom stereocenters. The van der Waals surface area contributed by atoms with Crippen LogP contribution in [0.5, 0.6) is 0 Å². The van der Waals surface area contributed by atoms with Crippen LogP contribution in [-0.2, 0) is 19.5 Å². The van der Waals surface area contributed by atoms with E-state index in [0.29, 0.717) is 12.5 Å². The minimum absolute atomic E-state index is 0.269. The van der Waals surface area contributed by atoms with Gasteiger partial charge in [-0.25, -0.2) is 0 Å². The Balaban J connectivity index is 2.11. The van der Waals surface area contributed by atoms with Crippen LogP contribution in [0.3, 0.4) is 0 Å². The molecule has 2 rings (SSSR count). The van der Waals surface area contributed by atoms with Crippen LogP contribution in [0.1, 0.15) is 44.5 Å². The zero-order valence-corrected chi connectivity index (χ0v) is 13.5. The molecule has 1 aliphatic rings. The lowest BCUT2D eigenvalue weighted by Gasteiger charge is -2.22. The van der Waals surface area contributed by atoms with Gasteiger partial charge in [-0.2, -0.15) is 5.10 Å². The second-order valence-electron chi connectivity index (χ2n) is 5.42. The highest BCUT2D eigenvalue weighted by Gasteiger charge is 2.30. The number of nitrogens with two attached hydrogens (primary N) is 1. The zero-order chi connectivity index (χ0) is 15.4. The van der Waals surface area contributed by atoms with E-state index in [-0.39, 0.29) is 5.84 Å². The predicted octanol–water partition coefficient (Wildman–Crippen LogP) is 2.22. The molecule has 1 saturated carbocycles. The third kappa shape index (κ3) is 3.89. The molecule has 21 heavy (non-hydrogen) atoms. The molecule has 0 aliphatic heterocycles. The summed E-state index contributed by atoms with van der Waals surface area (Å²) in [5, 5.41) is 17.0. The molecule has 0 aromatic carbocycles. The minimum atomic E-state index is 0.269. The van der Waals surface area contributed by atoms with Crippen molar-refractivity contribution in [3.63, 3.8) is 0 Å². The number of amidine groups is 1. The van der Waals surface area contributed by atoms with E-state index in [4.69, 9.17) is 22.5 Å². The van der Waals surface area contributed by atoms with E-state index in [1.54, 1.807) is 0 Å². The number of rotatable bonds is 8. The molecule has 0 amide bonds. The summed E-state index contributed by atoms with van der Waals surface area (Å²) in [6, 6.07) is 0.581. The fourth-order valence-electron chi connectivity index (χ4n) is 2.50. The van der Waals surface area contributed by atoms with E-state index >= 15 is 0 Å². The summed E-state index contributed by atoms with van der Waals surface area (Å²) in [4.78, 5) is 2.35. The zero-order valence-electron chi connectivity index (χ0n) is 12.7. The van der Waals surface area contributed by atoms with Gasteiger partial charge in [-0.1, -0.05) is 23.7 Å². The minimum Gasteiger partial charge on any atom is -0.409 e. The van der Waals surface area contributed by atoms with E-state index < -0.39 is 0 Å². The van der Waals surface area contributed by atoms with Gasteiger partial charge in [0, 0.05) is 32.1 Å². The van der Waals surface area contributed by atoms with Gasteiger partial charge in [0.2, 0.25) is 0 Å². The largest absolute Gasteiger partial charge is 0.409 e. The van der Waals surface area contributed by atoms with E-state index in [1.165, 1.54) is 12.8 Å². The predicted molar refractivity (Wildman–Crippen MR) is 83.7 cm³/mol. The van der Waals surface area contributed by atoms with Crippen LogP contribution >= 0.6 is 11.6 Å². The number of oxime groups is 1. The first-order valence-electron chi connectivity index (χ1n) is 7.55. The second kappa shape index (κ2) is 7.13. The first-order chi connectivity index (χ1) is 10.1. The van der Waals surface area contributed by atoms with Gasteiger partial charge in [-0.3, -0.25) is 9.58 Å². The first-order valence-corrected chi connectivity index (χ1v) is 7.92. The molecule has 6 nitrogen and oxygen atoms in total. The Morgan fingerprint density at radius 2 is 2.24 bits per heavy atom. The average molecular weight is 314 g/mol. The Bertz CT molecular complexity index is 510. The van der Waals surface area contributed by atoms with E-state index in [2.05, 4.69) is 29.0 Å².